The van der Waals surface area contributed by atoms with Crippen molar-refractivity contribution in [3.8, 4) is 0 Å². The molecule has 0 heterocycles. The first kappa shape index (κ1) is 19.7. The molecule has 0 fully saturated rings. The zero-order valence-electron chi connectivity index (χ0n) is 13.7. The first-order valence-corrected chi connectivity index (χ1v) is 8.17. The van der Waals surface area contributed by atoms with E-state index in [4.69, 9.17) is 9.84 Å². The maximum Gasteiger partial charge on any atom is 0.345 e. The van der Waals surface area contributed by atoms with Gasteiger partial charge in [0.1, 0.15) is 5.57 Å². The van der Waals surface area contributed by atoms with E-state index in [1.165, 1.54) is 38.2 Å². The van der Waals surface area contributed by atoms with Gasteiger partial charge >= 0.3 is 11.9 Å². The van der Waals surface area contributed by atoms with E-state index in [-0.39, 0.29) is 11.7 Å². The Balaban J connectivity index is 4.06. The van der Waals surface area contributed by atoms with Crippen LogP contribution in [0.25, 0.3) is 0 Å². The Hall–Kier alpha value is -1.32. The lowest BCUT2D eigenvalue weighted by molar-refractivity contribution is -0.147. The molecule has 1 unspecified atom stereocenters. The van der Waals surface area contributed by atoms with Crippen molar-refractivity contribution >= 4 is 11.9 Å². The van der Waals surface area contributed by atoms with Crippen molar-refractivity contribution in [3.05, 3.63) is 11.6 Å². The first-order chi connectivity index (χ1) is 10.0. The standard InChI is InChI=1S/C17H30O4/c1-4-6-7-8-9-10-11-12-13-15(16(18)19)17(20)21-14(3)5-2/h13-14H,4-12H2,1-3H3,(H,18,19). The molecule has 0 aromatic rings. The van der Waals surface area contributed by atoms with Crippen LogP contribution in [0.4, 0.5) is 0 Å². The second kappa shape index (κ2) is 12.4. The summed E-state index contributed by atoms with van der Waals surface area (Å²) in [6, 6.07) is 0. The number of carboxylic acids is 1. The van der Waals surface area contributed by atoms with E-state index in [9.17, 15) is 9.59 Å². The number of hydrogen-bond donors (Lipinski definition) is 1. The molecule has 4 heteroatoms. The van der Waals surface area contributed by atoms with Gasteiger partial charge in [-0.1, -0.05) is 58.4 Å². The molecule has 0 saturated carbocycles. The summed E-state index contributed by atoms with van der Waals surface area (Å²) >= 11 is 0. The predicted molar refractivity (Wildman–Crippen MR) is 84.2 cm³/mol. The number of hydrogen-bond acceptors (Lipinski definition) is 3. The van der Waals surface area contributed by atoms with Gasteiger partial charge in [0.15, 0.2) is 0 Å². The van der Waals surface area contributed by atoms with Gasteiger partial charge in [-0.05, 0) is 26.2 Å². The van der Waals surface area contributed by atoms with Crippen LogP contribution in [-0.4, -0.2) is 23.1 Å². The molecule has 122 valence electrons. The molecule has 1 N–H and O–H groups in total. The highest BCUT2D eigenvalue weighted by Gasteiger charge is 2.20. The van der Waals surface area contributed by atoms with Crippen LogP contribution in [0.3, 0.4) is 0 Å². The van der Waals surface area contributed by atoms with Crippen molar-refractivity contribution in [2.45, 2.75) is 84.7 Å². The zero-order chi connectivity index (χ0) is 16.1. The van der Waals surface area contributed by atoms with Gasteiger partial charge in [-0.2, -0.15) is 0 Å². The van der Waals surface area contributed by atoms with Crippen LogP contribution in [0.2, 0.25) is 0 Å². The minimum atomic E-state index is -1.20. The topological polar surface area (TPSA) is 63.6 Å². The van der Waals surface area contributed by atoms with Crippen molar-refractivity contribution in [2.24, 2.45) is 0 Å². The molecule has 0 bridgehead atoms. The van der Waals surface area contributed by atoms with E-state index >= 15 is 0 Å². The lowest BCUT2D eigenvalue weighted by Gasteiger charge is -2.10. The van der Waals surface area contributed by atoms with Gasteiger partial charge in [0.05, 0.1) is 6.10 Å². The van der Waals surface area contributed by atoms with E-state index in [1.54, 1.807) is 6.92 Å². The number of carboxylic acid groups (broad SMARTS) is 1. The highest BCUT2D eigenvalue weighted by Crippen LogP contribution is 2.11. The molecule has 0 aliphatic rings. The first-order valence-electron chi connectivity index (χ1n) is 8.17. The molecule has 0 aliphatic carbocycles. The van der Waals surface area contributed by atoms with Crippen molar-refractivity contribution in [1.29, 1.82) is 0 Å². The van der Waals surface area contributed by atoms with Crippen molar-refractivity contribution < 1.29 is 19.4 Å². The molecule has 0 aromatic carbocycles. The van der Waals surface area contributed by atoms with Crippen LogP contribution >= 0.6 is 0 Å². The van der Waals surface area contributed by atoms with Crippen molar-refractivity contribution in [1.82, 2.24) is 0 Å². The summed E-state index contributed by atoms with van der Waals surface area (Å²) in [6.45, 7) is 5.84. The molecule has 0 rings (SSSR count). The van der Waals surface area contributed by atoms with Crippen LogP contribution in [0, 0.1) is 0 Å². The average molecular weight is 298 g/mol. The maximum atomic E-state index is 11.7. The average Bonchev–Trinajstić information content (AvgIpc) is 2.44. The number of ether oxygens (including phenoxy) is 1. The number of aliphatic carboxylic acids is 1. The predicted octanol–water partition coefficient (Wildman–Crippen LogP) is 4.48. The fraction of sp³-hybridized carbons (Fsp3) is 0.765. The summed E-state index contributed by atoms with van der Waals surface area (Å²) in [7, 11) is 0. The normalized spacial score (nSPS) is 13.0. The van der Waals surface area contributed by atoms with Crippen molar-refractivity contribution in [3.63, 3.8) is 0 Å². The molecule has 0 amide bonds. The highest BCUT2D eigenvalue weighted by molar-refractivity contribution is 6.13. The smallest absolute Gasteiger partial charge is 0.345 e. The Bertz CT molecular complexity index is 334. The largest absolute Gasteiger partial charge is 0.477 e. The minimum Gasteiger partial charge on any atom is -0.477 e. The zero-order valence-corrected chi connectivity index (χ0v) is 13.7. The minimum absolute atomic E-state index is 0.235. The lowest BCUT2D eigenvalue weighted by Crippen LogP contribution is -2.20. The summed E-state index contributed by atoms with van der Waals surface area (Å²) < 4.78 is 5.06. The van der Waals surface area contributed by atoms with E-state index < -0.39 is 11.9 Å². The summed E-state index contributed by atoms with van der Waals surface area (Å²) in [5.74, 6) is -1.92. The van der Waals surface area contributed by atoms with Crippen LogP contribution < -0.4 is 0 Å². The number of carbonyl (C=O) groups is 2. The van der Waals surface area contributed by atoms with E-state index in [1.807, 2.05) is 6.92 Å². The molecular weight excluding hydrogens is 268 g/mol. The molecule has 1 atom stereocenters. The molecule has 0 radical (unpaired) electrons. The van der Waals surface area contributed by atoms with Gasteiger partial charge in [0.25, 0.3) is 0 Å². The van der Waals surface area contributed by atoms with Gasteiger partial charge in [-0.3, -0.25) is 0 Å². The SMILES string of the molecule is CCCCCCCCCC=C(C(=O)O)C(=O)OC(C)CC. The van der Waals surface area contributed by atoms with Gasteiger partial charge in [-0.15, -0.1) is 0 Å². The third kappa shape index (κ3) is 10.1. The van der Waals surface area contributed by atoms with E-state index in [0.29, 0.717) is 12.8 Å². The van der Waals surface area contributed by atoms with Crippen LogP contribution in [0.15, 0.2) is 11.6 Å². The van der Waals surface area contributed by atoms with Crippen LogP contribution in [-0.2, 0) is 14.3 Å². The lowest BCUT2D eigenvalue weighted by atomic mass is 10.1. The fourth-order valence-electron chi connectivity index (χ4n) is 1.94. The Morgan fingerprint density at radius 3 is 2.14 bits per heavy atom. The molecule has 0 aliphatic heterocycles. The Morgan fingerprint density at radius 2 is 1.62 bits per heavy atom. The Morgan fingerprint density at radius 1 is 1.05 bits per heavy atom. The van der Waals surface area contributed by atoms with Gasteiger partial charge < -0.3 is 9.84 Å². The number of carbonyl (C=O) groups excluding carboxylic acids is 1. The van der Waals surface area contributed by atoms with E-state index in [2.05, 4.69) is 6.92 Å². The number of unbranched alkanes of at least 4 members (excludes halogenated alkanes) is 7. The van der Waals surface area contributed by atoms with E-state index in [0.717, 1.165) is 12.8 Å². The van der Waals surface area contributed by atoms with Crippen LogP contribution in [0.1, 0.15) is 78.6 Å². The molecule has 0 spiro atoms. The Labute approximate surface area is 128 Å². The Kier molecular flexibility index (Phi) is 11.6. The molecular formula is C17H30O4. The second-order valence-corrected chi connectivity index (χ2v) is 5.46. The summed E-state index contributed by atoms with van der Waals surface area (Å²) in [5, 5.41) is 9.06. The quantitative estimate of drug-likeness (QED) is 0.190. The molecule has 21 heavy (non-hydrogen) atoms. The molecule has 0 aromatic heterocycles. The van der Waals surface area contributed by atoms with Crippen LogP contribution in [0.5, 0.6) is 0 Å². The third-order valence-electron chi connectivity index (χ3n) is 3.49. The maximum absolute atomic E-state index is 11.7. The van der Waals surface area contributed by atoms with Crippen molar-refractivity contribution in [2.75, 3.05) is 0 Å². The number of allylic oxidation sites excluding steroid dienone is 1. The number of esters is 1. The highest BCUT2D eigenvalue weighted by atomic mass is 16.5. The molecule has 4 nitrogen and oxygen atoms in total. The summed E-state index contributed by atoms with van der Waals surface area (Å²) in [6.07, 6.45) is 10.7. The summed E-state index contributed by atoms with van der Waals surface area (Å²) in [4.78, 5) is 22.8. The molecule has 0 saturated heterocycles. The van der Waals surface area contributed by atoms with Gasteiger partial charge in [-0.25, -0.2) is 9.59 Å². The number of rotatable bonds is 12. The van der Waals surface area contributed by atoms with Gasteiger partial charge in [0.2, 0.25) is 0 Å². The monoisotopic (exact) mass is 298 g/mol. The van der Waals surface area contributed by atoms with Gasteiger partial charge in [0, 0.05) is 0 Å². The summed E-state index contributed by atoms with van der Waals surface area (Å²) in [5.41, 5.74) is -0.235. The third-order valence-corrected chi connectivity index (χ3v) is 3.49. The second-order valence-electron chi connectivity index (χ2n) is 5.46. The fourth-order valence-corrected chi connectivity index (χ4v) is 1.94.